The zero-order valence-corrected chi connectivity index (χ0v) is 18.5. The third kappa shape index (κ3) is 5.44. The Bertz CT molecular complexity index is 1170. The van der Waals surface area contributed by atoms with Crippen molar-refractivity contribution in [3.63, 3.8) is 0 Å². The van der Waals surface area contributed by atoms with E-state index in [4.69, 9.17) is 4.74 Å². The number of nitrogens with one attached hydrogen (secondary N) is 3. The number of rotatable bonds is 7. The molecule has 3 rings (SSSR count). The lowest BCUT2D eigenvalue weighted by Crippen LogP contribution is -2.41. The average molecular weight is 466 g/mol. The molecule has 1 aliphatic rings. The number of esters is 1. The maximum absolute atomic E-state index is 12.9. The number of carbonyl (C=O) groups excluding carboxylic acids is 6. The lowest BCUT2D eigenvalue weighted by Gasteiger charge is -2.14. The van der Waals surface area contributed by atoms with Gasteiger partial charge in [-0.15, -0.1) is 0 Å². The summed E-state index contributed by atoms with van der Waals surface area (Å²) in [5.41, 5.74) is 0.879. The van der Waals surface area contributed by atoms with Gasteiger partial charge in [0.25, 0.3) is 17.7 Å². The quantitative estimate of drug-likeness (QED) is 0.416. The van der Waals surface area contributed by atoms with Crippen LogP contribution in [0.2, 0.25) is 0 Å². The van der Waals surface area contributed by atoms with Crippen molar-refractivity contribution in [1.82, 2.24) is 10.6 Å². The van der Waals surface area contributed by atoms with Crippen LogP contribution in [-0.2, 0) is 14.3 Å². The summed E-state index contributed by atoms with van der Waals surface area (Å²) in [5, 5.41) is 7.06. The van der Waals surface area contributed by atoms with Crippen LogP contribution in [-0.4, -0.2) is 48.8 Å². The maximum Gasteiger partial charge on any atom is 0.338 e. The number of hydrogen-bond donors (Lipinski definition) is 3. The van der Waals surface area contributed by atoms with Gasteiger partial charge >= 0.3 is 12.0 Å². The van der Waals surface area contributed by atoms with E-state index >= 15 is 0 Å². The zero-order valence-electron chi connectivity index (χ0n) is 18.5. The predicted molar refractivity (Wildman–Crippen MR) is 120 cm³/mol. The molecule has 1 heterocycles. The van der Waals surface area contributed by atoms with Gasteiger partial charge in [-0.05, 0) is 48.9 Å². The molecule has 0 aliphatic carbocycles. The van der Waals surface area contributed by atoms with E-state index in [1.54, 1.807) is 12.1 Å². The lowest BCUT2D eigenvalue weighted by atomic mass is 10.1. The molecule has 11 heteroatoms. The summed E-state index contributed by atoms with van der Waals surface area (Å²) in [6.07, 6.45) is 0.690. The van der Waals surface area contributed by atoms with Crippen LogP contribution in [0.25, 0.3) is 0 Å². The van der Waals surface area contributed by atoms with Gasteiger partial charge in [0.05, 0.1) is 22.4 Å². The van der Waals surface area contributed by atoms with Crippen LogP contribution in [0.3, 0.4) is 0 Å². The second kappa shape index (κ2) is 10.4. The van der Waals surface area contributed by atoms with E-state index in [9.17, 15) is 28.8 Å². The van der Waals surface area contributed by atoms with Crippen molar-refractivity contribution in [3.8, 4) is 0 Å². The number of urea groups is 1. The van der Waals surface area contributed by atoms with Gasteiger partial charge in [-0.2, -0.15) is 0 Å². The molecular formula is C23H22N4O7. The molecule has 2 aromatic rings. The van der Waals surface area contributed by atoms with Crippen LogP contribution in [0.4, 0.5) is 16.2 Å². The Morgan fingerprint density at radius 2 is 1.62 bits per heavy atom. The Morgan fingerprint density at radius 3 is 2.26 bits per heavy atom. The van der Waals surface area contributed by atoms with Crippen molar-refractivity contribution < 1.29 is 33.5 Å². The van der Waals surface area contributed by atoms with Crippen LogP contribution in [0, 0.1) is 0 Å². The van der Waals surface area contributed by atoms with Gasteiger partial charge in [-0.25, -0.2) is 14.5 Å². The third-order valence-corrected chi connectivity index (χ3v) is 4.69. The summed E-state index contributed by atoms with van der Waals surface area (Å²) in [5.74, 6) is -3.17. The fraction of sp³-hybridized carbons (Fsp3) is 0.217. The van der Waals surface area contributed by atoms with Crippen molar-refractivity contribution in [3.05, 3.63) is 59.2 Å². The molecule has 34 heavy (non-hydrogen) atoms. The minimum atomic E-state index is -0.898. The third-order valence-electron chi connectivity index (χ3n) is 4.69. The van der Waals surface area contributed by atoms with E-state index in [1.807, 2.05) is 12.2 Å². The molecule has 0 unspecified atom stereocenters. The highest BCUT2D eigenvalue weighted by molar-refractivity contribution is 6.34. The smallest absolute Gasteiger partial charge is 0.338 e. The minimum Gasteiger partial charge on any atom is -0.452 e. The van der Waals surface area contributed by atoms with Gasteiger partial charge in [0.15, 0.2) is 6.61 Å². The number of ether oxygens (including phenoxy) is 1. The second-order valence-electron chi connectivity index (χ2n) is 7.31. The number of imide groups is 2. The molecule has 0 aromatic heterocycles. The molecule has 0 saturated carbocycles. The highest BCUT2D eigenvalue weighted by Gasteiger charge is 2.37. The first-order valence-corrected chi connectivity index (χ1v) is 10.4. The van der Waals surface area contributed by atoms with Crippen molar-refractivity contribution in [2.75, 3.05) is 23.4 Å². The largest absolute Gasteiger partial charge is 0.452 e. The van der Waals surface area contributed by atoms with Crippen LogP contribution in [0.5, 0.6) is 0 Å². The molecular weight excluding hydrogens is 444 g/mol. The van der Waals surface area contributed by atoms with Gasteiger partial charge in [0, 0.05) is 19.2 Å². The van der Waals surface area contributed by atoms with E-state index in [0.29, 0.717) is 24.3 Å². The number of hydrogen-bond acceptors (Lipinski definition) is 7. The molecule has 6 amide bonds. The number of anilines is 2. The molecule has 0 spiro atoms. The SMILES string of the molecule is CCCNC(=O)NC(=O)COC(=O)c1ccc2c(c1)C(=O)N(c1ccc(NC(C)=O)cc1)C2=O. The molecule has 176 valence electrons. The fourth-order valence-electron chi connectivity index (χ4n) is 3.16. The number of carbonyl (C=O) groups is 6. The van der Waals surface area contributed by atoms with Gasteiger partial charge < -0.3 is 15.4 Å². The molecule has 1 aliphatic heterocycles. The summed E-state index contributed by atoms with van der Waals surface area (Å²) in [4.78, 5) is 73.3. The number of benzene rings is 2. The zero-order chi connectivity index (χ0) is 24.8. The van der Waals surface area contributed by atoms with Crippen molar-refractivity contribution >= 4 is 47.0 Å². The summed E-state index contributed by atoms with van der Waals surface area (Å²) in [6, 6.07) is 9.28. The molecule has 0 bridgehead atoms. The van der Waals surface area contributed by atoms with Crippen LogP contribution in [0.1, 0.15) is 51.3 Å². The van der Waals surface area contributed by atoms with E-state index in [1.165, 1.54) is 37.3 Å². The Hall–Kier alpha value is -4.54. The summed E-state index contributed by atoms with van der Waals surface area (Å²) < 4.78 is 4.90. The highest BCUT2D eigenvalue weighted by atomic mass is 16.5. The Balaban J connectivity index is 1.67. The first-order valence-electron chi connectivity index (χ1n) is 10.4. The second-order valence-corrected chi connectivity index (χ2v) is 7.31. The standard InChI is InChI=1S/C23H22N4O7/c1-3-10-24-23(33)26-19(29)12-34-22(32)14-4-9-17-18(11-14)21(31)27(20(17)30)16-7-5-15(6-8-16)25-13(2)28/h4-9,11H,3,10,12H2,1-2H3,(H,25,28)(H2,24,26,29,33). The Kier molecular flexibility index (Phi) is 7.36. The van der Waals surface area contributed by atoms with Crippen LogP contribution >= 0.6 is 0 Å². The molecule has 0 fully saturated rings. The van der Waals surface area contributed by atoms with Gasteiger partial charge in [0.1, 0.15) is 0 Å². The van der Waals surface area contributed by atoms with E-state index in [-0.39, 0.29) is 22.6 Å². The average Bonchev–Trinajstić information content (AvgIpc) is 3.05. The van der Waals surface area contributed by atoms with Crippen molar-refractivity contribution in [2.45, 2.75) is 20.3 Å². The molecule has 2 aromatic carbocycles. The van der Waals surface area contributed by atoms with Crippen LogP contribution < -0.4 is 20.9 Å². The van der Waals surface area contributed by atoms with Crippen molar-refractivity contribution in [1.29, 1.82) is 0 Å². The van der Waals surface area contributed by atoms with E-state index in [0.717, 1.165) is 4.90 Å². The first kappa shape index (κ1) is 24.1. The van der Waals surface area contributed by atoms with Gasteiger partial charge in [-0.3, -0.25) is 24.5 Å². The van der Waals surface area contributed by atoms with Gasteiger partial charge in [-0.1, -0.05) is 6.92 Å². The number of amides is 6. The Morgan fingerprint density at radius 1 is 0.941 bits per heavy atom. The molecule has 3 N–H and O–H groups in total. The number of fused-ring (bicyclic) bond motifs is 1. The normalized spacial score (nSPS) is 12.1. The molecule has 11 nitrogen and oxygen atoms in total. The van der Waals surface area contributed by atoms with Crippen molar-refractivity contribution in [2.24, 2.45) is 0 Å². The lowest BCUT2D eigenvalue weighted by molar-refractivity contribution is -0.123. The van der Waals surface area contributed by atoms with Crippen LogP contribution in [0.15, 0.2) is 42.5 Å². The molecule has 0 atom stereocenters. The Labute approximate surface area is 194 Å². The van der Waals surface area contributed by atoms with E-state index < -0.39 is 36.3 Å². The highest BCUT2D eigenvalue weighted by Crippen LogP contribution is 2.30. The minimum absolute atomic E-state index is 0.00813. The maximum atomic E-state index is 12.9. The topological polar surface area (TPSA) is 151 Å². The fourth-order valence-corrected chi connectivity index (χ4v) is 3.16. The number of nitrogens with zero attached hydrogens (tertiary/aromatic N) is 1. The van der Waals surface area contributed by atoms with Gasteiger partial charge in [0.2, 0.25) is 5.91 Å². The first-order chi connectivity index (χ1) is 16.2. The predicted octanol–water partition coefficient (Wildman–Crippen LogP) is 1.84. The van der Waals surface area contributed by atoms with E-state index in [2.05, 4.69) is 10.6 Å². The molecule has 0 saturated heterocycles. The summed E-state index contributed by atoms with van der Waals surface area (Å²) in [6.45, 7) is 2.89. The molecule has 0 radical (unpaired) electrons. The summed E-state index contributed by atoms with van der Waals surface area (Å²) >= 11 is 0. The monoisotopic (exact) mass is 466 g/mol. The summed E-state index contributed by atoms with van der Waals surface area (Å²) in [7, 11) is 0.